The number of aliphatic hydroxyl groups excluding tert-OH is 1. The zero-order valence-corrected chi connectivity index (χ0v) is 13.9. The van der Waals surface area contributed by atoms with Crippen LogP contribution >= 0.6 is 0 Å². The number of para-hydroxylation sites is 1. The predicted octanol–water partition coefficient (Wildman–Crippen LogP) is 3.19. The number of rotatable bonds is 6. The van der Waals surface area contributed by atoms with E-state index in [9.17, 15) is 9.90 Å². The van der Waals surface area contributed by atoms with Gasteiger partial charge in [-0.2, -0.15) is 0 Å². The molecule has 1 aromatic carbocycles. The van der Waals surface area contributed by atoms with Crippen molar-refractivity contribution in [3.63, 3.8) is 0 Å². The lowest BCUT2D eigenvalue weighted by Crippen LogP contribution is -2.36. The van der Waals surface area contributed by atoms with Crippen LogP contribution in [-0.2, 0) is 6.54 Å². The maximum absolute atomic E-state index is 12.5. The minimum absolute atomic E-state index is 0.0586. The minimum atomic E-state index is -0.367. The predicted molar refractivity (Wildman–Crippen MR) is 90.0 cm³/mol. The molecule has 0 fully saturated rings. The number of benzene rings is 1. The van der Waals surface area contributed by atoms with Crippen LogP contribution in [-0.4, -0.2) is 28.2 Å². The molecule has 1 aromatic heterocycles. The fraction of sp³-hybridized carbons (Fsp3) is 0.500. The number of hydrogen-bond acceptors (Lipinski definition) is 2. The Morgan fingerprint density at radius 3 is 2.68 bits per heavy atom. The van der Waals surface area contributed by atoms with Crippen molar-refractivity contribution in [1.29, 1.82) is 0 Å². The Labute approximate surface area is 132 Å². The third kappa shape index (κ3) is 3.69. The highest BCUT2D eigenvalue weighted by Crippen LogP contribution is 2.22. The number of aromatic nitrogens is 1. The average Bonchev–Trinajstić information content (AvgIpc) is 2.82. The van der Waals surface area contributed by atoms with Gasteiger partial charge in [0.15, 0.2) is 0 Å². The Balaban J connectivity index is 2.16. The molecule has 120 valence electrons. The third-order valence-corrected chi connectivity index (χ3v) is 3.93. The fourth-order valence-corrected chi connectivity index (χ4v) is 3.02. The summed E-state index contributed by atoms with van der Waals surface area (Å²) in [5, 5.41) is 13.6. The molecule has 1 heterocycles. The van der Waals surface area contributed by atoms with E-state index in [1.807, 2.05) is 41.8 Å². The summed E-state index contributed by atoms with van der Waals surface area (Å²) in [6.07, 6.45) is 0.290. The van der Waals surface area contributed by atoms with Crippen molar-refractivity contribution in [2.45, 2.75) is 46.8 Å². The molecule has 1 amide bonds. The smallest absolute Gasteiger partial charge is 0.267 e. The first kappa shape index (κ1) is 16.6. The highest BCUT2D eigenvalue weighted by Gasteiger charge is 2.22. The van der Waals surface area contributed by atoms with E-state index < -0.39 is 0 Å². The third-order valence-electron chi connectivity index (χ3n) is 3.93. The molecule has 0 bridgehead atoms. The molecule has 0 spiro atoms. The number of fused-ring (bicyclic) bond motifs is 1. The summed E-state index contributed by atoms with van der Waals surface area (Å²) in [5.74, 6) is -0.0586. The van der Waals surface area contributed by atoms with E-state index in [2.05, 4.69) is 19.2 Å². The Morgan fingerprint density at radius 1 is 1.36 bits per heavy atom. The number of aryl methyl sites for hydroxylation is 1. The first-order valence-corrected chi connectivity index (χ1v) is 7.88. The summed E-state index contributed by atoms with van der Waals surface area (Å²) in [5.41, 5.74) is 1.64. The van der Waals surface area contributed by atoms with Gasteiger partial charge < -0.3 is 15.0 Å². The van der Waals surface area contributed by atoms with Gasteiger partial charge in [0.05, 0.1) is 6.10 Å². The first-order chi connectivity index (χ1) is 10.3. The highest BCUT2D eigenvalue weighted by molar-refractivity contribution is 5.98. The standard InChI is InChI=1S/C18H26N2O2/c1-5-20-15-9-7-6-8-14(15)10-16(20)17(22)19-12-18(3,4)11-13(2)21/h6-10,13,21H,5,11-12H2,1-4H3,(H,19,22). The minimum Gasteiger partial charge on any atom is -0.393 e. The number of amides is 1. The van der Waals surface area contributed by atoms with Gasteiger partial charge in [0.2, 0.25) is 0 Å². The Bertz CT molecular complexity index is 656. The summed E-state index contributed by atoms with van der Waals surface area (Å²) in [4.78, 5) is 12.5. The zero-order chi connectivity index (χ0) is 16.3. The Kier molecular flexibility index (Phi) is 4.91. The van der Waals surface area contributed by atoms with Crippen LogP contribution < -0.4 is 5.32 Å². The molecule has 4 heteroatoms. The summed E-state index contributed by atoms with van der Waals surface area (Å²) in [6, 6.07) is 9.97. The van der Waals surface area contributed by atoms with E-state index in [4.69, 9.17) is 0 Å². The van der Waals surface area contributed by atoms with Crippen LogP contribution in [0.4, 0.5) is 0 Å². The maximum Gasteiger partial charge on any atom is 0.267 e. The largest absolute Gasteiger partial charge is 0.393 e. The number of nitrogens with zero attached hydrogens (tertiary/aromatic N) is 1. The van der Waals surface area contributed by atoms with Gasteiger partial charge in [0.25, 0.3) is 5.91 Å². The van der Waals surface area contributed by atoms with Crippen molar-refractivity contribution >= 4 is 16.8 Å². The van der Waals surface area contributed by atoms with Gasteiger partial charge in [-0.15, -0.1) is 0 Å². The lowest BCUT2D eigenvalue weighted by molar-refractivity contribution is 0.0894. The van der Waals surface area contributed by atoms with E-state index in [0.717, 1.165) is 17.4 Å². The van der Waals surface area contributed by atoms with E-state index in [-0.39, 0.29) is 17.4 Å². The number of hydrogen-bond donors (Lipinski definition) is 2. The number of carbonyl (C=O) groups excluding carboxylic acids is 1. The monoisotopic (exact) mass is 302 g/mol. The number of nitrogens with one attached hydrogen (secondary N) is 1. The van der Waals surface area contributed by atoms with Crippen molar-refractivity contribution in [1.82, 2.24) is 9.88 Å². The van der Waals surface area contributed by atoms with Crippen molar-refractivity contribution in [3.05, 3.63) is 36.0 Å². The van der Waals surface area contributed by atoms with E-state index in [0.29, 0.717) is 18.7 Å². The SMILES string of the molecule is CCn1c(C(=O)NCC(C)(C)CC(C)O)cc2ccccc21. The Hall–Kier alpha value is -1.81. The highest BCUT2D eigenvalue weighted by atomic mass is 16.3. The molecular formula is C18H26N2O2. The molecular weight excluding hydrogens is 276 g/mol. The molecule has 0 radical (unpaired) electrons. The second-order valence-electron chi connectivity index (χ2n) is 6.73. The van der Waals surface area contributed by atoms with E-state index >= 15 is 0 Å². The molecule has 0 saturated carbocycles. The van der Waals surface area contributed by atoms with Crippen molar-refractivity contribution in [2.75, 3.05) is 6.54 Å². The topological polar surface area (TPSA) is 54.3 Å². The zero-order valence-electron chi connectivity index (χ0n) is 13.9. The fourth-order valence-electron chi connectivity index (χ4n) is 3.02. The van der Waals surface area contributed by atoms with Crippen molar-refractivity contribution in [3.8, 4) is 0 Å². The summed E-state index contributed by atoms with van der Waals surface area (Å²) >= 11 is 0. The van der Waals surface area contributed by atoms with Gasteiger partial charge >= 0.3 is 0 Å². The quantitative estimate of drug-likeness (QED) is 0.861. The molecule has 0 aliphatic heterocycles. The van der Waals surface area contributed by atoms with Crippen LogP contribution in [0.2, 0.25) is 0 Å². The van der Waals surface area contributed by atoms with Crippen LogP contribution in [0, 0.1) is 5.41 Å². The van der Waals surface area contributed by atoms with Crippen molar-refractivity contribution < 1.29 is 9.90 Å². The first-order valence-electron chi connectivity index (χ1n) is 7.88. The van der Waals surface area contributed by atoms with Crippen LogP contribution in [0.1, 0.15) is 44.6 Å². The average molecular weight is 302 g/mol. The summed E-state index contributed by atoms with van der Waals surface area (Å²) < 4.78 is 2.03. The molecule has 0 aliphatic rings. The normalized spacial score (nSPS) is 13.3. The van der Waals surface area contributed by atoms with Gasteiger partial charge in [0, 0.05) is 24.0 Å². The summed E-state index contributed by atoms with van der Waals surface area (Å²) in [6.45, 7) is 9.22. The second-order valence-corrected chi connectivity index (χ2v) is 6.73. The van der Waals surface area contributed by atoms with Crippen LogP contribution in [0.5, 0.6) is 0 Å². The molecule has 22 heavy (non-hydrogen) atoms. The molecule has 1 atom stereocenters. The van der Waals surface area contributed by atoms with Gasteiger partial charge in [-0.1, -0.05) is 32.0 Å². The molecule has 2 aromatic rings. The lowest BCUT2D eigenvalue weighted by atomic mass is 9.87. The molecule has 2 N–H and O–H groups in total. The van der Waals surface area contributed by atoms with Gasteiger partial charge in [0.1, 0.15) is 5.69 Å². The van der Waals surface area contributed by atoms with Gasteiger partial charge in [-0.25, -0.2) is 0 Å². The molecule has 1 unspecified atom stereocenters. The molecule has 0 aliphatic carbocycles. The lowest BCUT2D eigenvalue weighted by Gasteiger charge is -2.26. The van der Waals surface area contributed by atoms with Crippen LogP contribution in [0.25, 0.3) is 10.9 Å². The molecule has 2 rings (SSSR count). The summed E-state index contributed by atoms with van der Waals surface area (Å²) in [7, 11) is 0. The van der Waals surface area contributed by atoms with Crippen LogP contribution in [0.3, 0.4) is 0 Å². The Morgan fingerprint density at radius 2 is 2.05 bits per heavy atom. The van der Waals surface area contributed by atoms with Crippen molar-refractivity contribution in [2.24, 2.45) is 5.41 Å². The number of carbonyl (C=O) groups is 1. The van der Waals surface area contributed by atoms with Crippen LogP contribution in [0.15, 0.2) is 30.3 Å². The molecule has 0 saturated heterocycles. The van der Waals surface area contributed by atoms with Gasteiger partial charge in [-0.05, 0) is 37.8 Å². The molecule has 4 nitrogen and oxygen atoms in total. The maximum atomic E-state index is 12.5. The second kappa shape index (κ2) is 6.53. The van der Waals surface area contributed by atoms with Gasteiger partial charge in [-0.3, -0.25) is 4.79 Å². The van der Waals surface area contributed by atoms with E-state index in [1.165, 1.54) is 0 Å². The van der Waals surface area contributed by atoms with E-state index in [1.54, 1.807) is 6.92 Å². The number of aliphatic hydroxyl groups is 1.